The largest absolute Gasteiger partial charge is 0.357 e. The van der Waals surface area contributed by atoms with Gasteiger partial charge in [-0.1, -0.05) is 19.3 Å². The van der Waals surface area contributed by atoms with E-state index in [9.17, 15) is 4.79 Å². The summed E-state index contributed by atoms with van der Waals surface area (Å²) in [5.41, 5.74) is 0.797. The van der Waals surface area contributed by atoms with Gasteiger partial charge in [-0.25, -0.2) is 4.98 Å². The maximum absolute atomic E-state index is 12.1. The Morgan fingerprint density at radius 2 is 1.61 bits per heavy atom. The molecule has 0 atom stereocenters. The van der Waals surface area contributed by atoms with Gasteiger partial charge in [-0.2, -0.15) is 0 Å². The molecule has 3 heterocycles. The van der Waals surface area contributed by atoms with Crippen LogP contribution in [-0.2, 0) is 4.79 Å². The fourth-order valence-electron chi connectivity index (χ4n) is 3.47. The molecule has 23 heavy (non-hydrogen) atoms. The van der Waals surface area contributed by atoms with E-state index in [0.717, 1.165) is 37.7 Å². The normalized spacial score (nSPS) is 20.1. The Morgan fingerprint density at radius 3 is 2.26 bits per heavy atom. The van der Waals surface area contributed by atoms with Crippen molar-refractivity contribution in [3.05, 3.63) is 18.3 Å². The number of aromatic nitrogens is 1. The molecule has 0 saturated carbocycles. The second-order valence-corrected chi connectivity index (χ2v) is 6.69. The minimum absolute atomic E-state index is 0.0659. The first kappa shape index (κ1) is 16.2. The minimum atomic E-state index is 0.0659. The lowest BCUT2D eigenvalue weighted by Gasteiger charge is -2.25. The van der Waals surface area contributed by atoms with Crippen molar-refractivity contribution in [3.63, 3.8) is 0 Å². The summed E-state index contributed by atoms with van der Waals surface area (Å²) in [5, 5.41) is 2.97. The van der Waals surface area contributed by atoms with Gasteiger partial charge in [-0.05, 0) is 50.9 Å². The molecule has 2 fully saturated rings. The van der Waals surface area contributed by atoms with Crippen LogP contribution in [0.5, 0.6) is 0 Å². The number of pyridine rings is 1. The van der Waals surface area contributed by atoms with E-state index in [2.05, 4.69) is 20.1 Å². The Kier molecular flexibility index (Phi) is 5.86. The summed E-state index contributed by atoms with van der Waals surface area (Å²) < 4.78 is 0. The molecule has 0 radical (unpaired) electrons. The number of rotatable bonds is 4. The lowest BCUT2D eigenvalue weighted by Crippen LogP contribution is -2.36. The maximum Gasteiger partial charge on any atom is 0.238 e. The molecule has 5 nitrogen and oxygen atoms in total. The third-order valence-corrected chi connectivity index (χ3v) is 4.78. The molecule has 2 aliphatic heterocycles. The topological polar surface area (TPSA) is 48.5 Å². The van der Waals surface area contributed by atoms with Gasteiger partial charge in [0.05, 0.1) is 18.4 Å². The highest BCUT2D eigenvalue weighted by atomic mass is 16.2. The average molecular weight is 316 g/mol. The monoisotopic (exact) mass is 316 g/mol. The van der Waals surface area contributed by atoms with Gasteiger partial charge >= 0.3 is 0 Å². The van der Waals surface area contributed by atoms with Gasteiger partial charge in [0.2, 0.25) is 5.91 Å². The summed E-state index contributed by atoms with van der Waals surface area (Å²) in [6, 6.07) is 4.00. The smallest absolute Gasteiger partial charge is 0.238 e. The number of hydrogen-bond donors (Lipinski definition) is 1. The molecular formula is C18H28N4O. The quantitative estimate of drug-likeness (QED) is 0.928. The molecule has 0 aliphatic carbocycles. The van der Waals surface area contributed by atoms with Crippen molar-refractivity contribution in [1.82, 2.24) is 9.88 Å². The van der Waals surface area contributed by atoms with E-state index in [0.29, 0.717) is 6.54 Å². The van der Waals surface area contributed by atoms with Crippen molar-refractivity contribution < 1.29 is 4.79 Å². The van der Waals surface area contributed by atoms with Crippen molar-refractivity contribution in [2.45, 2.75) is 44.9 Å². The molecule has 2 aliphatic rings. The molecule has 1 aromatic heterocycles. The van der Waals surface area contributed by atoms with Crippen LogP contribution in [0.2, 0.25) is 0 Å². The lowest BCUT2D eigenvalue weighted by molar-refractivity contribution is -0.117. The molecule has 2 saturated heterocycles. The first-order chi connectivity index (χ1) is 11.3. The first-order valence-electron chi connectivity index (χ1n) is 9.04. The number of carbonyl (C=O) groups excluding carboxylic acids is 1. The van der Waals surface area contributed by atoms with Gasteiger partial charge in [0.25, 0.3) is 0 Å². The number of amides is 1. The van der Waals surface area contributed by atoms with E-state index in [-0.39, 0.29) is 5.91 Å². The van der Waals surface area contributed by atoms with Crippen LogP contribution >= 0.6 is 0 Å². The fourth-order valence-corrected chi connectivity index (χ4v) is 3.47. The highest BCUT2D eigenvalue weighted by molar-refractivity contribution is 5.92. The summed E-state index contributed by atoms with van der Waals surface area (Å²) in [6.45, 7) is 4.76. The highest BCUT2D eigenvalue weighted by Gasteiger charge is 2.14. The highest BCUT2D eigenvalue weighted by Crippen LogP contribution is 2.19. The van der Waals surface area contributed by atoms with E-state index in [1.165, 1.54) is 44.9 Å². The Morgan fingerprint density at radius 1 is 0.957 bits per heavy atom. The van der Waals surface area contributed by atoms with Crippen LogP contribution in [0.3, 0.4) is 0 Å². The van der Waals surface area contributed by atoms with Crippen LogP contribution in [0.15, 0.2) is 18.3 Å². The molecular weight excluding hydrogens is 288 g/mol. The SMILES string of the molecule is O=C(CN1CCCCC1)Nc1ccc(N2CCCCCC2)nc1. The molecule has 1 aromatic rings. The molecule has 126 valence electrons. The van der Waals surface area contributed by atoms with Crippen molar-refractivity contribution >= 4 is 17.4 Å². The van der Waals surface area contributed by atoms with Crippen molar-refractivity contribution in [1.29, 1.82) is 0 Å². The van der Waals surface area contributed by atoms with Crippen molar-refractivity contribution in [2.75, 3.05) is 42.9 Å². The summed E-state index contributed by atoms with van der Waals surface area (Å²) >= 11 is 0. The van der Waals surface area contributed by atoms with Gasteiger partial charge in [-0.3, -0.25) is 9.69 Å². The van der Waals surface area contributed by atoms with Crippen LogP contribution in [0.1, 0.15) is 44.9 Å². The summed E-state index contributed by atoms with van der Waals surface area (Å²) in [7, 11) is 0. The summed E-state index contributed by atoms with van der Waals surface area (Å²) in [5.74, 6) is 1.09. The van der Waals surface area contributed by atoms with E-state index < -0.39 is 0 Å². The second-order valence-electron chi connectivity index (χ2n) is 6.69. The minimum Gasteiger partial charge on any atom is -0.357 e. The van der Waals surface area contributed by atoms with E-state index in [4.69, 9.17) is 0 Å². The molecule has 0 bridgehead atoms. The van der Waals surface area contributed by atoms with Gasteiger partial charge in [-0.15, -0.1) is 0 Å². The Bertz CT molecular complexity index is 488. The number of hydrogen-bond acceptors (Lipinski definition) is 4. The molecule has 3 rings (SSSR count). The second kappa shape index (κ2) is 8.29. The number of piperidine rings is 1. The molecule has 0 aromatic carbocycles. The van der Waals surface area contributed by atoms with Crippen LogP contribution < -0.4 is 10.2 Å². The number of likely N-dealkylation sites (tertiary alicyclic amines) is 1. The number of anilines is 2. The van der Waals surface area contributed by atoms with E-state index >= 15 is 0 Å². The standard InChI is InChI=1S/C18H28N4O/c23-18(15-21-10-4-3-5-11-21)20-16-8-9-17(19-14-16)22-12-6-1-2-7-13-22/h8-9,14H,1-7,10-13,15H2,(H,20,23). The maximum atomic E-state index is 12.1. The van der Waals surface area contributed by atoms with Crippen molar-refractivity contribution in [2.24, 2.45) is 0 Å². The zero-order valence-electron chi connectivity index (χ0n) is 14.0. The Balaban J connectivity index is 1.51. The summed E-state index contributed by atoms with van der Waals surface area (Å²) in [6.07, 6.45) is 10.6. The van der Waals surface area contributed by atoms with E-state index in [1.807, 2.05) is 12.1 Å². The van der Waals surface area contributed by atoms with Crippen molar-refractivity contribution in [3.8, 4) is 0 Å². The van der Waals surface area contributed by atoms with E-state index in [1.54, 1.807) is 6.20 Å². The van der Waals surface area contributed by atoms with Crippen LogP contribution in [0.25, 0.3) is 0 Å². The fraction of sp³-hybridized carbons (Fsp3) is 0.667. The number of carbonyl (C=O) groups is 1. The van der Waals surface area contributed by atoms with Crippen LogP contribution in [-0.4, -0.2) is 48.5 Å². The zero-order chi connectivity index (χ0) is 15.9. The number of nitrogens with zero attached hydrogens (tertiary/aromatic N) is 3. The zero-order valence-corrected chi connectivity index (χ0v) is 14.0. The van der Waals surface area contributed by atoms with Crippen LogP contribution in [0.4, 0.5) is 11.5 Å². The van der Waals surface area contributed by atoms with Gasteiger partial charge < -0.3 is 10.2 Å². The first-order valence-corrected chi connectivity index (χ1v) is 9.04. The molecule has 1 N–H and O–H groups in total. The van der Waals surface area contributed by atoms with Crippen LogP contribution in [0, 0.1) is 0 Å². The third-order valence-electron chi connectivity index (χ3n) is 4.78. The average Bonchev–Trinajstić information content (AvgIpc) is 2.86. The Hall–Kier alpha value is -1.62. The predicted molar refractivity (Wildman–Crippen MR) is 93.8 cm³/mol. The lowest BCUT2D eigenvalue weighted by atomic mass is 10.1. The number of nitrogens with one attached hydrogen (secondary N) is 1. The molecule has 5 heteroatoms. The summed E-state index contributed by atoms with van der Waals surface area (Å²) in [4.78, 5) is 21.3. The third kappa shape index (κ3) is 4.93. The van der Waals surface area contributed by atoms with Gasteiger partial charge in [0.1, 0.15) is 5.82 Å². The molecule has 1 amide bonds. The van der Waals surface area contributed by atoms with Gasteiger partial charge in [0.15, 0.2) is 0 Å². The van der Waals surface area contributed by atoms with Gasteiger partial charge in [0, 0.05) is 13.1 Å². The molecule has 0 unspecified atom stereocenters. The predicted octanol–water partition coefficient (Wildman–Crippen LogP) is 2.89. The Labute approximate surface area is 139 Å². The molecule has 0 spiro atoms.